The summed E-state index contributed by atoms with van der Waals surface area (Å²) >= 11 is 0. The predicted octanol–water partition coefficient (Wildman–Crippen LogP) is 5.67. The SMILES string of the molecule is CCOC(C)c1ccc(C(=O)Nc2ccc(Oc3cccc(F)c3)cc2)c(C)n1. The van der Waals surface area contributed by atoms with Crippen LogP contribution in [-0.4, -0.2) is 17.5 Å². The first kappa shape index (κ1) is 20.5. The summed E-state index contributed by atoms with van der Waals surface area (Å²) in [4.78, 5) is 17.1. The van der Waals surface area contributed by atoms with Crippen LogP contribution in [0.3, 0.4) is 0 Å². The van der Waals surface area contributed by atoms with E-state index in [0.717, 1.165) is 5.69 Å². The van der Waals surface area contributed by atoms with Gasteiger partial charge in [-0.2, -0.15) is 0 Å². The maximum atomic E-state index is 13.2. The number of hydrogen-bond donors (Lipinski definition) is 1. The molecule has 0 radical (unpaired) electrons. The van der Waals surface area contributed by atoms with Crippen LogP contribution in [0.4, 0.5) is 10.1 Å². The summed E-state index contributed by atoms with van der Waals surface area (Å²) in [5.74, 6) is 0.340. The summed E-state index contributed by atoms with van der Waals surface area (Å²) in [6.07, 6.45) is -0.124. The number of anilines is 1. The Morgan fingerprint density at radius 1 is 1.10 bits per heavy atom. The van der Waals surface area contributed by atoms with Crippen LogP contribution in [-0.2, 0) is 4.74 Å². The summed E-state index contributed by atoms with van der Waals surface area (Å²) < 4.78 is 24.4. The van der Waals surface area contributed by atoms with Crippen molar-refractivity contribution in [3.63, 3.8) is 0 Å². The minimum atomic E-state index is -0.364. The topological polar surface area (TPSA) is 60.5 Å². The van der Waals surface area contributed by atoms with Crippen LogP contribution in [0.15, 0.2) is 60.7 Å². The molecule has 1 N–H and O–H groups in total. The van der Waals surface area contributed by atoms with Gasteiger partial charge in [0, 0.05) is 18.4 Å². The summed E-state index contributed by atoms with van der Waals surface area (Å²) in [6, 6.07) is 16.3. The van der Waals surface area contributed by atoms with Gasteiger partial charge < -0.3 is 14.8 Å². The van der Waals surface area contributed by atoms with Crippen LogP contribution < -0.4 is 10.1 Å². The molecule has 3 rings (SSSR count). The Hall–Kier alpha value is -3.25. The molecule has 2 aromatic carbocycles. The fraction of sp³-hybridized carbons (Fsp3) is 0.217. The highest BCUT2D eigenvalue weighted by Crippen LogP contribution is 2.24. The zero-order valence-electron chi connectivity index (χ0n) is 16.6. The molecule has 1 amide bonds. The lowest BCUT2D eigenvalue weighted by Crippen LogP contribution is -2.15. The standard InChI is InChI=1S/C23H23FN2O3/c1-4-28-16(3)22-13-12-21(15(2)25-22)23(27)26-18-8-10-19(11-9-18)29-20-7-5-6-17(24)14-20/h5-14,16H,4H2,1-3H3,(H,26,27). The van der Waals surface area contributed by atoms with Crippen molar-refractivity contribution in [3.05, 3.63) is 83.4 Å². The molecule has 0 saturated heterocycles. The second-order valence-corrected chi connectivity index (χ2v) is 6.50. The monoisotopic (exact) mass is 394 g/mol. The van der Waals surface area contributed by atoms with Crippen LogP contribution >= 0.6 is 0 Å². The number of rotatable bonds is 7. The summed E-state index contributed by atoms with van der Waals surface area (Å²) in [5.41, 5.74) is 2.54. The molecular formula is C23H23FN2O3. The van der Waals surface area contributed by atoms with E-state index in [-0.39, 0.29) is 17.8 Å². The Labute approximate surface area is 169 Å². The zero-order valence-corrected chi connectivity index (χ0v) is 16.6. The van der Waals surface area contributed by atoms with Crippen molar-refractivity contribution in [2.24, 2.45) is 0 Å². The van der Waals surface area contributed by atoms with E-state index in [2.05, 4.69) is 10.3 Å². The van der Waals surface area contributed by atoms with Crippen molar-refractivity contribution in [2.45, 2.75) is 26.9 Å². The van der Waals surface area contributed by atoms with Gasteiger partial charge in [0.2, 0.25) is 0 Å². The summed E-state index contributed by atoms with van der Waals surface area (Å²) in [7, 11) is 0. The predicted molar refractivity (Wildman–Crippen MR) is 110 cm³/mol. The number of aryl methyl sites for hydroxylation is 1. The quantitative estimate of drug-likeness (QED) is 0.561. The van der Waals surface area contributed by atoms with E-state index in [1.54, 1.807) is 55.5 Å². The van der Waals surface area contributed by atoms with Gasteiger partial charge in [-0.3, -0.25) is 9.78 Å². The smallest absolute Gasteiger partial charge is 0.257 e. The van der Waals surface area contributed by atoms with Crippen molar-refractivity contribution in [3.8, 4) is 11.5 Å². The highest BCUT2D eigenvalue weighted by atomic mass is 19.1. The van der Waals surface area contributed by atoms with Gasteiger partial charge in [0.1, 0.15) is 17.3 Å². The summed E-state index contributed by atoms with van der Waals surface area (Å²) in [5, 5.41) is 2.85. The van der Waals surface area contributed by atoms with Gasteiger partial charge in [0.15, 0.2) is 0 Å². The fourth-order valence-electron chi connectivity index (χ4n) is 2.85. The number of aromatic nitrogens is 1. The number of carbonyl (C=O) groups excluding carboxylic acids is 1. The minimum Gasteiger partial charge on any atom is -0.457 e. The molecule has 5 nitrogen and oxygen atoms in total. The molecule has 1 aromatic heterocycles. The summed E-state index contributed by atoms with van der Waals surface area (Å²) in [6.45, 7) is 6.26. The molecule has 1 heterocycles. The normalized spacial score (nSPS) is 11.7. The van der Waals surface area contributed by atoms with Crippen LogP contribution in [0.1, 0.15) is 41.7 Å². The molecule has 0 spiro atoms. The molecular weight excluding hydrogens is 371 g/mol. The number of halogens is 1. The Morgan fingerprint density at radius 3 is 2.52 bits per heavy atom. The third-order valence-corrected chi connectivity index (χ3v) is 4.33. The minimum absolute atomic E-state index is 0.124. The molecule has 0 aliphatic rings. The van der Waals surface area contributed by atoms with Crippen molar-refractivity contribution in [1.29, 1.82) is 0 Å². The second-order valence-electron chi connectivity index (χ2n) is 6.50. The van der Waals surface area contributed by atoms with Crippen molar-refractivity contribution >= 4 is 11.6 Å². The van der Waals surface area contributed by atoms with E-state index in [1.165, 1.54) is 12.1 Å². The maximum Gasteiger partial charge on any atom is 0.257 e. The number of pyridine rings is 1. The van der Waals surface area contributed by atoms with Crippen LogP contribution in [0.5, 0.6) is 11.5 Å². The lowest BCUT2D eigenvalue weighted by atomic mass is 10.1. The highest BCUT2D eigenvalue weighted by molar-refractivity contribution is 6.05. The molecule has 3 aromatic rings. The Balaban J connectivity index is 1.66. The van der Waals surface area contributed by atoms with Gasteiger partial charge in [-0.05, 0) is 69.3 Å². The van der Waals surface area contributed by atoms with Crippen LogP contribution in [0, 0.1) is 12.7 Å². The number of ether oxygens (including phenoxy) is 2. The number of amides is 1. The fourth-order valence-corrected chi connectivity index (χ4v) is 2.85. The Bertz CT molecular complexity index is 990. The Morgan fingerprint density at radius 2 is 1.86 bits per heavy atom. The van der Waals surface area contributed by atoms with E-state index in [1.807, 2.05) is 13.8 Å². The number of nitrogens with one attached hydrogen (secondary N) is 1. The van der Waals surface area contributed by atoms with E-state index >= 15 is 0 Å². The first-order chi connectivity index (χ1) is 14.0. The molecule has 150 valence electrons. The number of benzene rings is 2. The van der Waals surface area contributed by atoms with Gasteiger partial charge in [-0.25, -0.2) is 4.39 Å². The van der Waals surface area contributed by atoms with Gasteiger partial charge in [-0.1, -0.05) is 6.07 Å². The van der Waals surface area contributed by atoms with Crippen LogP contribution in [0.2, 0.25) is 0 Å². The molecule has 0 aliphatic heterocycles. The van der Waals surface area contributed by atoms with Gasteiger partial charge in [0.05, 0.1) is 23.1 Å². The maximum absolute atomic E-state index is 13.2. The molecule has 1 unspecified atom stereocenters. The molecule has 0 fully saturated rings. The average Bonchev–Trinajstić information content (AvgIpc) is 2.69. The van der Waals surface area contributed by atoms with Crippen LogP contribution in [0.25, 0.3) is 0 Å². The lowest BCUT2D eigenvalue weighted by Gasteiger charge is -2.13. The van der Waals surface area contributed by atoms with E-state index in [0.29, 0.717) is 35.1 Å². The largest absolute Gasteiger partial charge is 0.457 e. The number of nitrogens with zero attached hydrogens (tertiary/aromatic N) is 1. The third kappa shape index (κ3) is 5.39. The van der Waals surface area contributed by atoms with Crippen molar-refractivity contribution in [1.82, 2.24) is 4.98 Å². The first-order valence-corrected chi connectivity index (χ1v) is 9.40. The molecule has 0 aliphatic carbocycles. The molecule has 6 heteroatoms. The average molecular weight is 394 g/mol. The first-order valence-electron chi connectivity index (χ1n) is 9.40. The highest BCUT2D eigenvalue weighted by Gasteiger charge is 2.14. The third-order valence-electron chi connectivity index (χ3n) is 4.33. The molecule has 29 heavy (non-hydrogen) atoms. The molecule has 0 bridgehead atoms. The second kappa shape index (κ2) is 9.30. The van der Waals surface area contributed by atoms with Gasteiger partial charge in [0.25, 0.3) is 5.91 Å². The van der Waals surface area contributed by atoms with Gasteiger partial charge >= 0.3 is 0 Å². The number of hydrogen-bond acceptors (Lipinski definition) is 4. The van der Waals surface area contributed by atoms with E-state index in [4.69, 9.17) is 9.47 Å². The number of carbonyl (C=O) groups is 1. The molecule has 1 atom stereocenters. The van der Waals surface area contributed by atoms with Crippen molar-refractivity contribution < 1.29 is 18.7 Å². The van der Waals surface area contributed by atoms with Crippen molar-refractivity contribution in [2.75, 3.05) is 11.9 Å². The zero-order chi connectivity index (χ0) is 20.8. The van der Waals surface area contributed by atoms with E-state index < -0.39 is 0 Å². The van der Waals surface area contributed by atoms with Gasteiger partial charge in [-0.15, -0.1) is 0 Å². The van der Waals surface area contributed by atoms with E-state index in [9.17, 15) is 9.18 Å². The lowest BCUT2D eigenvalue weighted by molar-refractivity contribution is 0.0732. The Kier molecular flexibility index (Phi) is 6.57. The molecule has 0 saturated carbocycles.